The van der Waals surface area contributed by atoms with Crippen LogP contribution in [0.5, 0.6) is 0 Å². The smallest absolute Gasteiger partial charge is 0.131 e. The molecule has 1 aliphatic carbocycles. The van der Waals surface area contributed by atoms with Crippen molar-refractivity contribution in [3.63, 3.8) is 0 Å². The number of nitrogens with one attached hydrogen (secondary N) is 1. The van der Waals surface area contributed by atoms with Crippen LogP contribution in [0.3, 0.4) is 0 Å². The first-order chi connectivity index (χ1) is 11.2. The maximum absolute atomic E-state index is 6.27. The van der Waals surface area contributed by atoms with Gasteiger partial charge in [-0.05, 0) is 30.4 Å². The monoisotopic (exact) mass is 363 g/mol. The fourth-order valence-electron chi connectivity index (χ4n) is 3.26. The molecule has 3 N–H and O–H groups in total. The van der Waals surface area contributed by atoms with Gasteiger partial charge >= 0.3 is 0 Å². The normalized spacial score (nSPS) is 21.1. The first-order valence-corrected chi connectivity index (χ1v) is 9.90. The van der Waals surface area contributed by atoms with E-state index in [0.29, 0.717) is 11.1 Å². The average molecular weight is 364 g/mol. The Labute approximate surface area is 148 Å². The number of aromatic nitrogens is 1. The van der Waals surface area contributed by atoms with Crippen molar-refractivity contribution in [3.05, 3.63) is 44.6 Å². The van der Waals surface area contributed by atoms with E-state index in [0.717, 1.165) is 24.2 Å². The number of rotatable bonds is 4. The molecule has 6 heteroatoms. The van der Waals surface area contributed by atoms with E-state index in [4.69, 9.17) is 17.3 Å². The van der Waals surface area contributed by atoms with Crippen LogP contribution >= 0.6 is 34.3 Å². The van der Waals surface area contributed by atoms with Crippen LogP contribution in [0.4, 0.5) is 5.69 Å². The van der Waals surface area contributed by atoms with Gasteiger partial charge in [-0.2, -0.15) is 0 Å². The molecule has 2 atom stereocenters. The number of halogens is 1. The third-order valence-electron chi connectivity index (χ3n) is 4.43. The van der Waals surface area contributed by atoms with Gasteiger partial charge in [0.25, 0.3) is 0 Å². The van der Waals surface area contributed by atoms with Crippen LogP contribution in [0.2, 0.25) is 5.15 Å². The van der Waals surface area contributed by atoms with Crippen LogP contribution < -0.4 is 11.1 Å². The molecule has 1 fully saturated rings. The minimum Gasteiger partial charge on any atom is -0.379 e. The van der Waals surface area contributed by atoms with Crippen molar-refractivity contribution in [1.29, 1.82) is 0 Å². The molecular weight excluding hydrogens is 346 g/mol. The highest BCUT2D eigenvalue weighted by molar-refractivity contribution is 7.19. The minimum absolute atomic E-state index is 0.279. The molecule has 0 amide bonds. The molecule has 1 saturated carbocycles. The molecule has 3 heterocycles. The van der Waals surface area contributed by atoms with Crippen LogP contribution in [0.25, 0.3) is 10.2 Å². The lowest BCUT2D eigenvalue weighted by Crippen LogP contribution is -2.21. The first kappa shape index (κ1) is 15.4. The summed E-state index contributed by atoms with van der Waals surface area (Å²) in [5, 5.41) is 6.14. The van der Waals surface area contributed by atoms with Gasteiger partial charge < -0.3 is 11.1 Å². The van der Waals surface area contributed by atoms with Gasteiger partial charge in [0.05, 0.1) is 15.9 Å². The zero-order chi connectivity index (χ0) is 15.8. The summed E-state index contributed by atoms with van der Waals surface area (Å²) in [6.45, 7) is 0.809. The summed E-state index contributed by atoms with van der Waals surface area (Å²) in [4.78, 5) is 7.15. The number of pyridine rings is 1. The Kier molecular flexibility index (Phi) is 4.28. The van der Waals surface area contributed by atoms with E-state index in [9.17, 15) is 0 Å². The lowest BCUT2D eigenvalue weighted by atomic mass is 10.0. The summed E-state index contributed by atoms with van der Waals surface area (Å²) in [6, 6.07) is 8.59. The zero-order valence-corrected chi connectivity index (χ0v) is 15.0. The third kappa shape index (κ3) is 3.11. The van der Waals surface area contributed by atoms with Gasteiger partial charge in [-0.3, -0.25) is 0 Å². The Morgan fingerprint density at radius 1 is 1.35 bits per heavy atom. The Morgan fingerprint density at radius 2 is 2.26 bits per heavy atom. The van der Waals surface area contributed by atoms with Gasteiger partial charge in [0.1, 0.15) is 5.15 Å². The molecule has 3 aromatic rings. The highest BCUT2D eigenvalue weighted by Gasteiger charge is 2.27. The van der Waals surface area contributed by atoms with E-state index in [-0.39, 0.29) is 6.04 Å². The van der Waals surface area contributed by atoms with E-state index in [1.54, 1.807) is 11.3 Å². The van der Waals surface area contributed by atoms with Crippen molar-refractivity contribution in [2.45, 2.75) is 37.8 Å². The highest BCUT2D eigenvalue weighted by Crippen LogP contribution is 2.41. The topological polar surface area (TPSA) is 50.9 Å². The second kappa shape index (κ2) is 6.40. The second-order valence-electron chi connectivity index (χ2n) is 5.99. The predicted octanol–water partition coefficient (Wildman–Crippen LogP) is 5.22. The maximum atomic E-state index is 6.27. The molecule has 0 aliphatic heterocycles. The molecule has 3 nitrogen and oxygen atoms in total. The van der Waals surface area contributed by atoms with Crippen molar-refractivity contribution >= 4 is 50.2 Å². The molecule has 0 spiro atoms. The summed E-state index contributed by atoms with van der Waals surface area (Å²) >= 11 is 9.78. The summed E-state index contributed by atoms with van der Waals surface area (Å²) in [7, 11) is 0. The molecule has 0 unspecified atom stereocenters. The van der Waals surface area contributed by atoms with E-state index < -0.39 is 0 Å². The lowest BCUT2D eigenvalue weighted by molar-refractivity contribution is 0.622. The van der Waals surface area contributed by atoms with E-state index in [1.807, 2.05) is 17.4 Å². The molecule has 120 valence electrons. The third-order valence-corrected chi connectivity index (χ3v) is 6.79. The van der Waals surface area contributed by atoms with Gasteiger partial charge in [0, 0.05) is 34.3 Å². The number of fused-ring (bicyclic) bond motifs is 1. The van der Waals surface area contributed by atoms with Crippen LogP contribution in [0.15, 0.2) is 29.6 Å². The first-order valence-electron chi connectivity index (χ1n) is 7.82. The summed E-state index contributed by atoms with van der Waals surface area (Å²) in [5.74, 6) is 0.470. The summed E-state index contributed by atoms with van der Waals surface area (Å²) < 4.78 is 1.18. The fourth-order valence-corrected chi connectivity index (χ4v) is 5.40. The van der Waals surface area contributed by atoms with Crippen molar-refractivity contribution in [2.24, 2.45) is 5.73 Å². The Hall–Kier alpha value is -1.14. The zero-order valence-electron chi connectivity index (χ0n) is 12.6. The molecule has 1 aliphatic rings. The number of hydrogen-bond acceptors (Lipinski definition) is 5. The number of nitrogens with zero attached hydrogens (tertiary/aromatic N) is 1. The fraction of sp³-hybridized carbons (Fsp3) is 0.353. The predicted molar refractivity (Wildman–Crippen MR) is 101 cm³/mol. The quantitative estimate of drug-likeness (QED) is 0.625. The standard InChI is InChI=1S/C17H18ClN3S2/c18-16-8-13(20-9-10-3-2-6-22-10)17-14(21-16)7-15(23-17)11-4-1-5-12(11)19/h2-3,6-8,11-12H,1,4-5,9,19H2,(H,20,21)/t11-,12-/m0/s1. The SMILES string of the molecule is N[C@H]1CCC[C@@H]1c1cc2nc(Cl)cc(NCc3cccs3)c2s1. The second-order valence-corrected chi connectivity index (χ2v) is 8.49. The molecule has 0 bridgehead atoms. The van der Waals surface area contributed by atoms with Gasteiger partial charge in [-0.1, -0.05) is 24.1 Å². The van der Waals surface area contributed by atoms with E-state index in [2.05, 4.69) is 33.9 Å². The maximum Gasteiger partial charge on any atom is 0.131 e. The van der Waals surface area contributed by atoms with Crippen molar-refractivity contribution in [1.82, 2.24) is 4.98 Å². The molecule has 0 aromatic carbocycles. The molecule has 3 aromatic heterocycles. The lowest BCUT2D eigenvalue weighted by Gasteiger charge is -2.12. The van der Waals surface area contributed by atoms with Crippen molar-refractivity contribution in [3.8, 4) is 0 Å². The molecular formula is C17H18ClN3S2. The van der Waals surface area contributed by atoms with Crippen LogP contribution in [-0.4, -0.2) is 11.0 Å². The Bertz CT molecular complexity index is 813. The average Bonchev–Trinajstić information content (AvgIpc) is 3.23. The summed E-state index contributed by atoms with van der Waals surface area (Å²) in [6.07, 6.45) is 3.52. The van der Waals surface area contributed by atoms with E-state index >= 15 is 0 Å². The molecule has 0 saturated heterocycles. The number of hydrogen-bond donors (Lipinski definition) is 2. The molecule has 4 rings (SSSR count). The van der Waals surface area contributed by atoms with Gasteiger partial charge in [-0.25, -0.2) is 4.98 Å². The highest BCUT2D eigenvalue weighted by atomic mass is 35.5. The van der Waals surface area contributed by atoms with Crippen molar-refractivity contribution < 1.29 is 0 Å². The largest absolute Gasteiger partial charge is 0.379 e. The number of anilines is 1. The van der Waals surface area contributed by atoms with Gasteiger partial charge in [-0.15, -0.1) is 22.7 Å². The Balaban J connectivity index is 1.67. The number of nitrogens with two attached hydrogens (primary N) is 1. The minimum atomic E-state index is 0.279. The van der Waals surface area contributed by atoms with Crippen molar-refractivity contribution in [2.75, 3.05) is 5.32 Å². The Morgan fingerprint density at radius 3 is 3.00 bits per heavy atom. The van der Waals surface area contributed by atoms with Crippen LogP contribution in [0, 0.1) is 0 Å². The van der Waals surface area contributed by atoms with Crippen LogP contribution in [0.1, 0.15) is 34.9 Å². The van der Waals surface area contributed by atoms with Gasteiger partial charge in [0.2, 0.25) is 0 Å². The van der Waals surface area contributed by atoms with Gasteiger partial charge in [0.15, 0.2) is 0 Å². The number of thiophene rings is 2. The molecule has 0 radical (unpaired) electrons. The van der Waals surface area contributed by atoms with Crippen LogP contribution in [-0.2, 0) is 6.54 Å². The molecule has 23 heavy (non-hydrogen) atoms. The van der Waals surface area contributed by atoms with E-state index in [1.165, 1.54) is 27.3 Å². The summed E-state index contributed by atoms with van der Waals surface area (Å²) in [5.41, 5.74) is 8.31.